The number of fused-ring (bicyclic) bond motifs is 1. The van der Waals surface area contributed by atoms with Crippen molar-refractivity contribution in [3.8, 4) is 0 Å². The summed E-state index contributed by atoms with van der Waals surface area (Å²) in [5.41, 5.74) is 3.86. The first-order valence-electron chi connectivity index (χ1n) is 7.74. The number of carbonyl (C=O) groups excluding carboxylic acids is 1. The summed E-state index contributed by atoms with van der Waals surface area (Å²) in [7, 11) is 0. The van der Waals surface area contributed by atoms with E-state index in [0.29, 0.717) is 11.1 Å². The van der Waals surface area contributed by atoms with Crippen molar-refractivity contribution in [1.82, 2.24) is 4.98 Å². The fraction of sp³-hybridized carbons (Fsp3) is 0.100. The molecule has 3 nitrogen and oxygen atoms in total. The smallest absolute Gasteiger partial charge is 0.194 e. The molecule has 1 aliphatic heterocycles. The van der Waals surface area contributed by atoms with E-state index in [0.717, 1.165) is 18.8 Å². The third-order valence-corrected chi connectivity index (χ3v) is 4.21. The second kappa shape index (κ2) is 5.69. The van der Waals surface area contributed by atoms with E-state index in [2.05, 4.69) is 28.1 Å². The first-order chi connectivity index (χ1) is 11.3. The van der Waals surface area contributed by atoms with Crippen molar-refractivity contribution in [2.24, 2.45) is 0 Å². The molecule has 1 aromatic heterocycles. The fourth-order valence-electron chi connectivity index (χ4n) is 3.01. The van der Waals surface area contributed by atoms with Crippen LogP contribution in [0.15, 0.2) is 72.9 Å². The standard InChI is InChI=1S/C20H16N2O/c23-20(16-7-2-1-3-8-16)17-10-11-19(21-14-17)22-13-12-15-6-4-5-9-18(15)22/h1-11,14H,12-13H2. The molecule has 0 unspecified atom stereocenters. The highest BCUT2D eigenvalue weighted by Gasteiger charge is 2.20. The minimum atomic E-state index is 0.00599. The van der Waals surface area contributed by atoms with Crippen LogP contribution in [0.2, 0.25) is 0 Å². The van der Waals surface area contributed by atoms with Crippen LogP contribution in [0.5, 0.6) is 0 Å². The molecular formula is C20H16N2O. The maximum atomic E-state index is 12.4. The Kier molecular flexibility index (Phi) is 3.39. The van der Waals surface area contributed by atoms with Crippen LogP contribution < -0.4 is 4.90 Å². The van der Waals surface area contributed by atoms with E-state index in [4.69, 9.17) is 0 Å². The summed E-state index contributed by atoms with van der Waals surface area (Å²) in [4.78, 5) is 19.1. The Balaban J connectivity index is 1.61. The van der Waals surface area contributed by atoms with Crippen LogP contribution in [0.25, 0.3) is 0 Å². The van der Waals surface area contributed by atoms with Gasteiger partial charge >= 0.3 is 0 Å². The number of carbonyl (C=O) groups is 1. The Morgan fingerprint density at radius 2 is 1.65 bits per heavy atom. The summed E-state index contributed by atoms with van der Waals surface area (Å²) in [5.74, 6) is 0.894. The van der Waals surface area contributed by atoms with E-state index < -0.39 is 0 Å². The van der Waals surface area contributed by atoms with Crippen LogP contribution in [0, 0.1) is 0 Å². The van der Waals surface area contributed by atoms with Gasteiger partial charge in [0.05, 0.1) is 0 Å². The third-order valence-electron chi connectivity index (χ3n) is 4.21. The molecule has 0 amide bonds. The van der Waals surface area contributed by atoms with Crippen LogP contribution in [0.3, 0.4) is 0 Å². The molecule has 0 aliphatic carbocycles. The lowest BCUT2D eigenvalue weighted by Crippen LogP contribution is -2.15. The molecule has 112 valence electrons. The highest BCUT2D eigenvalue weighted by molar-refractivity contribution is 6.08. The number of nitrogens with zero attached hydrogens (tertiary/aromatic N) is 2. The van der Waals surface area contributed by atoms with Crippen LogP contribution in [0.4, 0.5) is 11.5 Å². The molecule has 0 N–H and O–H groups in total. The van der Waals surface area contributed by atoms with Gasteiger partial charge < -0.3 is 4.90 Å². The van der Waals surface area contributed by atoms with Crippen molar-refractivity contribution in [2.75, 3.05) is 11.4 Å². The number of ketones is 1. The largest absolute Gasteiger partial charge is 0.326 e. The zero-order valence-electron chi connectivity index (χ0n) is 12.6. The number of hydrogen-bond acceptors (Lipinski definition) is 3. The Bertz CT molecular complexity index is 841. The van der Waals surface area contributed by atoms with Crippen molar-refractivity contribution in [3.63, 3.8) is 0 Å². The van der Waals surface area contributed by atoms with Gasteiger partial charge in [-0.15, -0.1) is 0 Å². The summed E-state index contributed by atoms with van der Waals surface area (Å²) in [5, 5.41) is 0. The molecule has 0 radical (unpaired) electrons. The average molecular weight is 300 g/mol. The predicted octanol–water partition coefficient (Wildman–Crippen LogP) is 4.01. The van der Waals surface area contributed by atoms with Gasteiger partial charge in [-0.3, -0.25) is 4.79 Å². The Morgan fingerprint density at radius 1 is 0.870 bits per heavy atom. The number of benzene rings is 2. The van der Waals surface area contributed by atoms with Crippen LogP contribution in [-0.2, 0) is 6.42 Å². The highest BCUT2D eigenvalue weighted by atomic mass is 16.1. The lowest BCUT2D eigenvalue weighted by molar-refractivity contribution is 0.103. The van der Waals surface area contributed by atoms with Gasteiger partial charge in [0.2, 0.25) is 0 Å². The summed E-state index contributed by atoms with van der Waals surface area (Å²) < 4.78 is 0. The first kappa shape index (κ1) is 13.7. The van der Waals surface area contributed by atoms with E-state index in [1.165, 1.54) is 11.3 Å². The molecule has 3 heteroatoms. The Labute approximate surface area is 135 Å². The summed E-state index contributed by atoms with van der Waals surface area (Å²) in [6.45, 7) is 0.929. The molecule has 2 aromatic carbocycles. The maximum Gasteiger partial charge on any atom is 0.194 e. The van der Waals surface area contributed by atoms with Crippen molar-refractivity contribution >= 4 is 17.3 Å². The van der Waals surface area contributed by atoms with Gasteiger partial charge in [0.15, 0.2) is 5.78 Å². The van der Waals surface area contributed by atoms with Crippen molar-refractivity contribution < 1.29 is 4.79 Å². The molecule has 4 rings (SSSR count). The lowest BCUT2D eigenvalue weighted by Gasteiger charge is -2.18. The monoisotopic (exact) mass is 300 g/mol. The summed E-state index contributed by atoms with van der Waals surface area (Å²) in [6, 6.07) is 21.5. The molecule has 0 saturated carbocycles. The van der Waals surface area contributed by atoms with Gasteiger partial charge in [-0.1, -0.05) is 48.5 Å². The quantitative estimate of drug-likeness (QED) is 0.685. The molecule has 0 spiro atoms. The van der Waals surface area contributed by atoms with Crippen LogP contribution in [-0.4, -0.2) is 17.3 Å². The highest BCUT2D eigenvalue weighted by Crippen LogP contribution is 2.33. The van der Waals surface area contributed by atoms with Gasteiger partial charge in [0, 0.05) is 29.6 Å². The zero-order chi connectivity index (χ0) is 15.6. The van der Waals surface area contributed by atoms with Gasteiger partial charge in [0.1, 0.15) is 5.82 Å². The average Bonchev–Trinajstić information content (AvgIpc) is 3.06. The van der Waals surface area contributed by atoms with E-state index in [9.17, 15) is 4.79 Å². The minimum absolute atomic E-state index is 0.00599. The molecule has 1 aliphatic rings. The lowest BCUT2D eigenvalue weighted by atomic mass is 10.1. The van der Waals surface area contributed by atoms with Crippen molar-refractivity contribution in [2.45, 2.75) is 6.42 Å². The van der Waals surface area contributed by atoms with E-state index in [-0.39, 0.29) is 5.78 Å². The molecule has 2 heterocycles. The SMILES string of the molecule is O=C(c1ccccc1)c1ccc(N2CCc3ccccc32)nc1. The van der Waals surface area contributed by atoms with E-state index in [1.54, 1.807) is 6.20 Å². The van der Waals surface area contributed by atoms with Crippen molar-refractivity contribution in [3.05, 3.63) is 89.6 Å². The van der Waals surface area contributed by atoms with E-state index >= 15 is 0 Å². The second-order valence-electron chi connectivity index (χ2n) is 5.63. The molecule has 0 bridgehead atoms. The number of rotatable bonds is 3. The number of para-hydroxylation sites is 1. The normalized spacial score (nSPS) is 13.0. The molecular weight excluding hydrogens is 284 g/mol. The van der Waals surface area contributed by atoms with Crippen molar-refractivity contribution in [1.29, 1.82) is 0 Å². The van der Waals surface area contributed by atoms with Gasteiger partial charge in [-0.05, 0) is 30.2 Å². The van der Waals surface area contributed by atoms with Gasteiger partial charge in [-0.2, -0.15) is 0 Å². The zero-order valence-corrected chi connectivity index (χ0v) is 12.6. The van der Waals surface area contributed by atoms with Crippen LogP contribution in [0.1, 0.15) is 21.5 Å². The van der Waals surface area contributed by atoms with Gasteiger partial charge in [0.25, 0.3) is 0 Å². The maximum absolute atomic E-state index is 12.4. The molecule has 0 fully saturated rings. The number of anilines is 2. The molecule has 23 heavy (non-hydrogen) atoms. The summed E-state index contributed by atoms with van der Waals surface area (Å²) in [6.07, 6.45) is 2.70. The van der Waals surface area contributed by atoms with E-state index in [1.807, 2.05) is 48.5 Å². The molecule has 3 aromatic rings. The van der Waals surface area contributed by atoms with Gasteiger partial charge in [-0.25, -0.2) is 4.98 Å². The third kappa shape index (κ3) is 2.50. The fourth-order valence-corrected chi connectivity index (χ4v) is 3.01. The first-order valence-corrected chi connectivity index (χ1v) is 7.74. The topological polar surface area (TPSA) is 33.2 Å². The second-order valence-corrected chi connectivity index (χ2v) is 5.63. The molecule has 0 atom stereocenters. The summed E-state index contributed by atoms with van der Waals surface area (Å²) >= 11 is 0. The minimum Gasteiger partial charge on any atom is -0.326 e. The number of aromatic nitrogens is 1. The van der Waals surface area contributed by atoms with Crippen LogP contribution >= 0.6 is 0 Å². The Hall–Kier alpha value is -2.94. The number of hydrogen-bond donors (Lipinski definition) is 0. The number of pyridine rings is 1. The molecule has 0 saturated heterocycles. The Morgan fingerprint density at radius 3 is 2.43 bits per heavy atom. The predicted molar refractivity (Wildman–Crippen MR) is 91.3 cm³/mol.